The van der Waals surface area contributed by atoms with Crippen LogP contribution in [0.3, 0.4) is 0 Å². The maximum Gasteiger partial charge on any atom is 0.326 e. The lowest BCUT2D eigenvalue weighted by atomic mass is 10.1. The molecule has 1 aliphatic rings. The van der Waals surface area contributed by atoms with E-state index in [1.54, 1.807) is 12.1 Å². The number of rotatable bonds is 10. The van der Waals surface area contributed by atoms with Crippen molar-refractivity contribution >= 4 is 47.3 Å². The van der Waals surface area contributed by atoms with Gasteiger partial charge in [-0.2, -0.15) is 4.98 Å². The number of nitrogen functional groups attached to an aromatic ring is 1. The summed E-state index contributed by atoms with van der Waals surface area (Å²) in [5.74, 6) is -2.85. The summed E-state index contributed by atoms with van der Waals surface area (Å²) >= 11 is 0. The van der Waals surface area contributed by atoms with Crippen LogP contribution in [-0.4, -0.2) is 69.5 Å². The molecule has 2 aromatic rings. The van der Waals surface area contributed by atoms with Crippen LogP contribution in [0.2, 0.25) is 0 Å². The molecule has 2 heterocycles. The van der Waals surface area contributed by atoms with Crippen LogP contribution in [-0.2, 0) is 9.59 Å². The van der Waals surface area contributed by atoms with Gasteiger partial charge in [-0.15, -0.1) is 0 Å². The Bertz CT molecular complexity index is 1150. The van der Waals surface area contributed by atoms with E-state index < -0.39 is 29.4 Å². The number of hydrogen-bond acceptors (Lipinski definition) is 9. The Kier molecular flexibility index (Phi) is 7.30. The number of carboxylic acid groups (broad SMARTS) is 2. The third kappa shape index (κ3) is 5.59. The number of nitrogens with two attached hydrogens (primary N) is 1. The zero-order chi connectivity index (χ0) is 24.8. The largest absolute Gasteiger partial charge is 0.481 e. The highest BCUT2D eigenvalue weighted by molar-refractivity contribution is 5.97. The summed E-state index contributed by atoms with van der Waals surface area (Å²) < 4.78 is 0. The molecule has 2 atom stereocenters. The first-order valence-corrected chi connectivity index (χ1v) is 10.2. The minimum atomic E-state index is -1.32. The molecule has 0 aliphatic carbocycles. The maximum atomic E-state index is 12.3. The van der Waals surface area contributed by atoms with Crippen molar-refractivity contribution in [3.8, 4) is 0 Å². The highest BCUT2D eigenvalue weighted by Gasteiger charge is 2.29. The summed E-state index contributed by atoms with van der Waals surface area (Å²) in [5.41, 5.74) is 6.14. The summed E-state index contributed by atoms with van der Waals surface area (Å²) in [6.45, 7) is 0.728. The molecule has 1 aliphatic heterocycles. The molecule has 0 spiro atoms. The van der Waals surface area contributed by atoms with Gasteiger partial charge >= 0.3 is 11.9 Å². The number of hydrogen-bond donors (Lipinski definition) is 8. The Labute approximate surface area is 192 Å². The third-order valence-corrected chi connectivity index (χ3v) is 5.15. The second kappa shape index (κ2) is 10.3. The average molecular weight is 472 g/mol. The molecule has 0 radical (unpaired) electrons. The molecule has 1 amide bonds. The topological polar surface area (TPSA) is 227 Å². The normalized spacial score (nSPS) is 15.4. The van der Waals surface area contributed by atoms with E-state index in [4.69, 9.17) is 16.2 Å². The fraction of sp³-hybridized carbons (Fsp3) is 0.300. The molecule has 0 fully saturated rings. The molecule has 180 valence electrons. The predicted octanol–water partition coefficient (Wildman–Crippen LogP) is -0.280. The zero-order valence-electron chi connectivity index (χ0n) is 17.9. The van der Waals surface area contributed by atoms with E-state index in [0.29, 0.717) is 24.6 Å². The lowest BCUT2D eigenvalue weighted by molar-refractivity contribution is -0.140. The first-order chi connectivity index (χ1) is 16.2. The molecule has 9 N–H and O–H groups in total. The first-order valence-electron chi connectivity index (χ1n) is 10.2. The van der Waals surface area contributed by atoms with Crippen molar-refractivity contribution < 1.29 is 24.6 Å². The molecular formula is C20H24N8O6. The second-order valence-electron chi connectivity index (χ2n) is 7.47. The van der Waals surface area contributed by atoms with Crippen LogP contribution in [0.25, 0.3) is 0 Å². The molecule has 0 saturated heterocycles. The van der Waals surface area contributed by atoms with Crippen LogP contribution in [0.15, 0.2) is 29.1 Å². The quantitative estimate of drug-likeness (QED) is 0.166. The van der Waals surface area contributed by atoms with Crippen LogP contribution in [0.1, 0.15) is 23.2 Å². The van der Waals surface area contributed by atoms with Gasteiger partial charge in [0.2, 0.25) is 5.95 Å². The number of carbonyl (C=O) groups is 3. The van der Waals surface area contributed by atoms with Gasteiger partial charge in [0.05, 0.1) is 12.4 Å². The SMILES string of the molecule is N=CN1c2c(nc(N)[nH]c2=O)NC[C@H]1CNc1ccc(C(=O)NC(CCC(=O)O)C(=O)O)cc1. The molecule has 3 rings (SSSR count). The van der Waals surface area contributed by atoms with E-state index >= 15 is 0 Å². The van der Waals surface area contributed by atoms with Gasteiger partial charge in [0.1, 0.15) is 6.04 Å². The number of benzene rings is 1. The average Bonchev–Trinajstić information content (AvgIpc) is 2.79. The van der Waals surface area contributed by atoms with Gasteiger partial charge in [-0.05, 0) is 30.7 Å². The lowest BCUT2D eigenvalue weighted by Crippen LogP contribution is -2.49. The van der Waals surface area contributed by atoms with E-state index in [9.17, 15) is 24.3 Å². The fourth-order valence-corrected chi connectivity index (χ4v) is 3.42. The van der Waals surface area contributed by atoms with Crippen molar-refractivity contribution in [2.75, 3.05) is 34.4 Å². The standard InChI is InChI=1S/C20H24N8O6/c21-9-28-12(8-24-16-15(28)18(32)27-20(22)26-16)7-23-11-3-1-10(2-4-11)17(31)25-13(19(33)34)5-6-14(29)30/h1-4,9,12-13,21,23H,5-8H2,(H,25,31)(H,29,30)(H,33,34)(H4,22,24,26,27,32)/t12-,13?/m1/s1. The number of aliphatic carboxylic acids is 2. The van der Waals surface area contributed by atoms with Crippen molar-refractivity contribution in [3.05, 3.63) is 40.2 Å². The Morgan fingerprint density at radius 2 is 2.00 bits per heavy atom. The van der Waals surface area contributed by atoms with E-state index in [0.717, 1.165) is 6.34 Å². The van der Waals surface area contributed by atoms with Gasteiger partial charge < -0.3 is 36.8 Å². The number of aromatic nitrogens is 2. The van der Waals surface area contributed by atoms with Crippen molar-refractivity contribution in [1.29, 1.82) is 5.41 Å². The molecule has 1 aromatic heterocycles. The number of anilines is 4. The number of H-pyrrole nitrogens is 1. The molecule has 34 heavy (non-hydrogen) atoms. The number of nitrogens with one attached hydrogen (secondary N) is 5. The van der Waals surface area contributed by atoms with Crippen LogP contribution in [0.4, 0.5) is 23.1 Å². The molecule has 14 heteroatoms. The summed E-state index contributed by atoms with van der Waals surface area (Å²) in [5, 5.41) is 34.1. The highest BCUT2D eigenvalue weighted by Crippen LogP contribution is 2.25. The molecule has 1 aromatic carbocycles. The van der Waals surface area contributed by atoms with Gasteiger partial charge in [0.15, 0.2) is 11.5 Å². The Hall–Kier alpha value is -4.62. The van der Waals surface area contributed by atoms with Crippen LogP contribution < -0.4 is 32.1 Å². The third-order valence-electron chi connectivity index (χ3n) is 5.15. The number of carboxylic acids is 2. The molecular weight excluding hydrogens is 448 g/mol. The van der Waals surface area contributed by atoms with Gasteiger partial charge in [0.25, 0.3) is 11.5 Å². The number of carbonyl (C=O) groups excluding carboxylic acids is 1. The van der Waals surface area contributed by atoms with E-state index in [-0.39, 0.29) is 36.1 Å². The van der Waals surface area contributed by atoms with Gasteiger partial charge in [-0.3, -0.25) is 24.8 Å². The maximum absolute atomic E-state index is 12.3. The Morgan fingerprint density at radius 3 is 2.62 bits per heavy atom. The van der Waals surface area contributed by atoms with Gasteiger partial charge in [-0.1, -0.05) is 0 Å². The van der Waals surface area contributed by atoms with Crippen LogP contribution in [0.5, 0.6) is 0 Å². The smallest absolute Gasteiger partial charge is 0.326 e. The van der Waals surface area contributed by atoms with Gasteiger partial charge in [0, 0.05) is 30.8 Å². The lowest BCUT2D eigenvalue weighted by Gasteiger charge is -2.35. The molecule has 0 bridgehead atoms. The number of fused-ring (bicyclic) bond motifs is 1. The van der Waals surface area contributed by atoms with E-state index in [1.807, 2.05) is 0 Å². The molecule has 1 unspecified atom stereocenters. The monoisotopic (exact) mass is 472 g/mol. The first kappa shape index (κ1) is 24.0. The van der Waals surface area contributed by atoms with Crippen molar-refractivity contribution in [2.24, 2.45) is 0 Å². The van der Waals surface area contributed by atoms with Gasteiger partial charge in [-0.25, -0.2) is 4.79 Å². The van der Waals surface area contributed by atoms with Crippen molar-refractivity contribution in [1.82, 2.24) is 15.3 Å². The summed E-state index contributed by atoms with van der Waals surface area (Å²) in [4.78, 5) is 54.5. The minimum Gasteiger partial charge on any atom is -0.481 e. The van der Waals surface area contributed by atoms with Crippen LogP contribution in [0, 0.1) is 5.41 Å². The zero-order valence-corrected chi connectivity index (χ0v) is 17.9. The second-order valence-corrected chi connectivity index (χ2v) is 7.47. The van der Waals surface area contributed by atoms with E-state index in [2.05, 4.69) is 25.9 Å². The Morgan fingerprint density at radius 1 is 1.29 bits per heavy atom. The Balaban J connectivity index is 1.62. The summed E-state index contributed by atoms with van der Waals surface area (Å²) in [6, 6.07) is 4.61. The highest BCUT2D eigenvalue weighted by atomic mass is 16.4. The summed E-state index contributed by atoms with van der Waals surface area (Å²) in [7, 11) is 0. The van der Waals surface area contributed by atoms with Crippen molar-refractivity contribution in [3.63, 3.8) is 0 Å². The molecule has 0 saturated carbocycles. The fourth-order valence-electron chi connectivity index (χ4n) is 3.42. The van der Waals surface area contributed by atoms with Crippen molar-refractivity contribution in [2.45, 2.75) is 24.9 Å². The predicted molar refractivity (Wildman–Crippen MR) is 124 cm³/mol. The van der Waals surface area contributed by atoms with Crippen LogP contribution >= 0.6 is 0 Å². The number of amides is 1. The minimum absolute atomic E-state index is 0.0292. The number of nitrogens with zero attached hydrogens (tertiary/aromatic N) is 2. The summed E-state index contributed by atoms with van der Waals surface area (Å²) in [6.07, 6.45) is 0.418. The molecule has 14 nitrogen and oxygen atoms in total. The van der Waals surface area contributed by atoms with E-state index in [1.165, 1.54) is 17.0 Å². The number of aromatic amines is 1.